The lowest BCUT2D eigenvalue weighted by Gasteiger charge is -2.19. The molecule has 0 bridgehead atoms. The van der Waals surface area contributed by atoms with Crippen LogP contribution in [0.1, 0.15) is 0 Å². The van der Waals surface area contributed by atoms with Crippen LogP contribution in [0.15, 0.2) is 17.9 Å². The minimum absolute atomic E-state index is 0.213. The molecular weight excluding hydrogens is 266 g/mol. The predicted molar refractivity (Wildman–Crippen MR) is 73.6 cm³/mol. The zero-order valence-corrected chi connectivity index (χ0v) is 12.6. The first-order valence-corrected chi connectivity index (χ1v) is 6.44. The zero-order valence-electron chi connectivity index (χ0n) is 11.8. The molecule has 2 heterocycles. The van der Waals surface area contributed by atoms with Gasteiger partial charge in [0.05, 0.1) is 0 Å². The van der Waals surface area contributed by atoms with Gasteiger partial charge in [0.25, 0.3) is 0 Å². The van der Waals surface area contributed by atoms with Gasteiger partial charge in [-0.25, -0.2) is 14.6 Å². The minimum atomic E-state index is -0.213. The van der Waals surface area contributed by atoms with Crippen LogP contribution in [0.25, 0.3) is 10.8 Å². The van der Waals surface area contributed by atoms with E-state index >= 15 is 0 Å². The first-order valence-electron chi connectivity index (χ1n) is 5.56. The van der Waals surface area contributed by atoms with Crippen LogP contribution < -0.4 is 0 Å². The van der Waals surface area contributed by atoms with Crippen LogP contribution >= 0.6 is 11.3 Å². The van der Waals surface area contributed by atoms with Gasteiger partial charge in [0, 0.05) is 32.8 Å². The van der Waals surface area contributed by atoms with Gasteiger partial charge in [-0.15, -0.1) is 11.3 Å². The van der Waals surface area contributed by atoms with Crippen LogP contribution in [0.2, 0.25) is 0 Å². The standard InChI is InChI=1S/C6H6N4S.C5H13NO2/c1-10-5(8-4-9-10)6-7-2-3-11-6;1-6(2)5(7-3)8-4/h2-4H,1H3;5H,1-4H3. The maximum absolute atomic E-state index is 4.86. The zero-order chi connectivity index (χ0) is 14.3. The molecule has 0 fully saturated rings. The van der Waals surface area contributed by atoms with Crippen LogP contribution in [0.4, 0.5) is 0 Å². The highest BCUT2D eigenvalue weighted by molar-refractivity contribution is 7.13. The average molecular weight is 285 g/mol. The summed E-state index contributed by atoms with van der Waals surface area (Å²) in [7, 11) is 8.83. The highest BCUT2D eigenvalue weighted by Gasteiger charge is 2.05. The highest BCUT2D eigenvalue weighted by atomic mass is 32.1. The third-order valence-electron chi connectivity index (χ3n) is 2.16. The lowest BCUT2D eigenvalue weighted by atomic mass is 10.6. The first-order chi connectivity index (χ1) is 9.10. The van der Waals surface area contributed by atoms with Crippen molar-refractivity contribution in [3.63, 3.8) is 0 Å². The fourth-order valence-electron chi connectivity index (χ4n) is 1.34. The molecule has 0 aliphatic rings. The van der Waals surface area contributed by atoms with Crippen molar-refractivity contribution in [3.8, 4) is 10.8 Å². The Bertz CT molecular complexity index is 453. The van der Waals surface area contributed by atoms with Crippen molar-refractivity contribution in [2.75, 3.05) is 28.3 Å². The fraction of sp³-hybridized carbons (Fsp3) is 0.545. The third-order valence-corrected chi connectivity index (χ3v) is 2.93. The Morgan fingerprint density at radius 1 is 1.26 bits per heavy atom. The summed E-state index contributed by atoms with van der Waals surface area (Å²) in [4.78, 5) is 10.0. The average Bonchev–Trinajstić information content (AvgIpc) is 3.01. The third kappa shape index (κ3) is 4.67. The smallest absolute Gasteiger partial charge is 0.217 e. The molecule has 0 aliphatic heterocycles. The fourth-order valence-corrected chi connectivity index (χ4v) is 2.00. The van der Waals surface area contributed by atoms with Crippen molar-refractivity contribution in [1.29, 1.82) is 0 Å². The van der Waals surface area contributed by atoms with Gasteiger partial charge < -0.3 is 9.47 Å². The Morgan fingerprint density at radius 3 is 2.26 bits per heavy atom. The van der Waals surface area contributed by atoms with Crippen molar-refractivity contribution >= 4 is 11.3 Å². The van der Waals surface area contributed by atoms with Gasteiger partial charge in [-0.1, -0.05) is 0 Å². The normalized spacial score (nSPS) is 10.7. The molecule has 0 N–H and O–H groups in total. The van der Waals surface area contributed by atoms with Gasteiger partial charge in [0.1, 0.15) is 6.33 Å². The summed E-state index contributed by atoms with van der Waals surface area (Å²) in [6, 6.07) is 0. The summed E-state index contributed by atoms with van der Waals surface area (Å²) in [5.41, 5.74) is 0. The summed E-state index contributed by atoms with van der Waals surface area (Å²) < 4.78 is 11.4. The number of thiazole rings is 1. The summed E-state index contributed by atoms with van der Waals surface area (Å²) in [5.74, 6) is 0.819. The van der Waals surface area contributed by atoms with E-state index in [1.165, 1.54) is 6.33 Å². The van der Waals surface area contributed by atoms with Gasteiger partial charge in [-0.05, 0) is 14.1 Å². The van der Waals surface area contributed by atoms with Crippen LogP contribution in [0.3, 0.4) is 0 Å². The number of rotatable bonds is 4. The molecule has 2 aromatic rings. The van der Waals surface area contributed by atoms with Crippen molar-refractivity contribution in [2.45, 2.75) is 6.41 Å². The molecule has 0 aromatic carbocycles. The Hall–Kier alpha value is -1.35. The van der Waals surface area contributed by atoms with E-state index in [0.717, 1.165) is 10.8 Å². The topological polar surface area (TPSA) is 65.3 Å². The molecule has 0 aliphatic carbocycles. The van der Waals surface area contributed by atoms with Crippen LogP contribution in [-0.4, -0.2) is 59.4 Å². The SMILES string of the molecule is COC(OC)N(C)C.Cn1ncnc1-c1nccs1. The number of aromatic nitrogens is 4. The van der Waals surface area contributed by atoms with Crippen LogP contribution in [0, 0.1) is 0 Å². The van der Waals surface area contributed by atoms with E-state index in [9.17, 15) is 0 Å². The Balaban J connectivity index is 0.000000203. The second-order valence-electron chi connectivity index (χ2n) is 3.79. The lowest BCUT2D eigenvalue weighted by Crippen LogP contribution is -2.30. The molecule has 106 valence electrons. The molecule has 19 heavy (non-hydrogen) atoms. The van der Waals surface area contributed by atoms with E-state index in [-0.39, 0.29) is 6.41 Å². The number of hydrogen-bond donors (Lipinski definition) is 0. The Morgan fingerprint density at radius 2 is 1.95 bits per heavy atom. The van der Waals surface area contributed by atoms with Crippen LogP contribution in [0.5, 0.6) is 0 Å². The second kappa shape index (κ2) is 7.95. The molecular formula is C11H19N5O2S. The summed E-state index contributed by atoms with van der Waals surface area (Å²) in [6.07, 6.45) is 3.07. The van der Waals surface area contributed by atoms with E-state index in [0.29, 0.717) is 0 Å². The van der Waals surface area contributed by atoms with Gasteiger partial charge in [-0.3, -0.25) is 4.90 Å². The van der Waals surface area contributed by atoms with Gasteiger partial charge >= 0.3 is 0 Å². The highest BCUT2D eigenvalue weighted by Crippen LogP contribution is 2.17. The molecule has 0 unspecified atom stereocenters. The molecule has 2 rings (SSSR count). The molecule has 0 atom stereocenters. The van der Waals surface area contributed by atoms with E-state index in [1.807, 2.05) is 31.4 Å². The minimum Gasteiger partial charge on any atom is -0.343 e. The van der Waals surface area contributed by atoms with E-state index in [1.54, 1.807) is 36.4 Å². The molecule has 0 radical (unpaired) electrons. The van der Waals surface area contributed by atoms with E-state index < -0.39 is 0 Å². The number of nitrogens with zero attached hydrogens (tertiary/aromatic N) is 5. The molecule has 7 nitrogen and oxygen atoms in total. The molecule has 0 amide bonds. The van der Waals surface area contributed by atoms with Crippen molar-refractivity contribution in [2.24, 2.45) is 7.05 Å². The quantitative estimate of drug-likeness (QED) is 0.783. The first kappa shape index (κ1) is 15.7. The predicted octanol–water partition coefficient (Wildman–Crippen LogP) is 1.06. The largest absolute Gasteiger partial charge is 0.343 e. The van der Waals surface area contributed by atoms with Crippen LogP contribution in [-0.2, 0) is 16.5 Å². The van der Waals surface area contributed by atoms with Gasteiger partial charge in [0.2, 0.25) is 6.41 Å². The van der Waals surface area contributed by atoms with Crippen molar-refractivity contribution in [3.05, 3.63) is 17.9 Å². The monoisotopic (exact) mass is 285 g/mol. The number of ether oxygens (including phenoxy) is 2. The Kier molecular flexibility index (Phi) is 6.57. The van der Waals surface area contributed by atoms with Crippen molar-refractivity contribution < 1.29 is 9.47 Å². The molecule has 2 aromatic heterocycles. The summed E-state index contributed by atoms with van der Waals surface area (Å²) in [5, 5.41) is 6.77. The maximum atomic E-state index is 4.86. The van der Waals surface area contributed by atoms with E-state index in [2.05, 4.69) is 15.1 Å². The summed E-state index contributed by atoms with van der Waals surface area (Å²) >= 11 is 1.56. The van der Waals surface area contributed by atoms with Gasteiger partial charge in [-0.2, -0.15) is 5.10 Å². The molecule has 0 saturated heterocycles. The van der Waals surface area contributed by atoms with Gasteiger partial charge in [0.15, 0.2) is 10.8 Å². The number of hydrogen-bond acceptors (Lipinski definition) is 7. The molecule has 8 heteroatoms. The molecule has 0 spiro atoms. The lowest BCUT2D eigenvalue weighted by molar-refractivity contribution is -0.179. The second-order valence-corrected chi connectivity index (χ2v) is 4.68. The summed E-state index contributed by atoms with van der Waals surface area (Å²) in [6.45, 7) is 0. The maximum Gasteiger partial charge on any atom is 0.217 e. The number of aryl methyl sites for hydroxylation is 1. The Labute approximate surface area is 116 Å². The van der Waals surface area contributed by atoms with E-state index in [4.69, 9.17) is 9.47 Å². The van der Waals surface area contributed by atoms with Crippen molar-refractivity contribution in [1.82, 2.24) is 24.6 Å². The number of methoxy groups -OCH3 is 2. The molecule has 0 saturated carbocycles.